The van der Waals surface area contributed by atoms with Crippen LogP contribution in [-0.4, -0.2) is 37.2 Å². The number of nitrogens with one attached hydrogen (secondary N) is 2. The number of carbonyl (C=O) groups is 1. The number of rotatable bonds is 7. The normalized spacial score (nSPS) is 18.9. The molecule has 1 saturated carbocycles. The molecule has 0 aromatic heterocycles. The molecular formula is C14H28N2O2. The predicted molar refractivity (Wildman–Crippen MR) is 73.6 cm³/mol. The second-order valence-corrected chi connectivity index (χ2v) is 5.47. The predicted octanol–water partition coefficient (Wildman–Crippen LogP) is 1.84. The largest absolute Gasteiger partial charge is 0.367 e. The summed E-state index contributed by atoms with van der Waals surface area (Å²) in [7, 11) is 0. The Hall–Kier alpha value is -0.610. The summed E-state index contributed by atoms with van der Waals surface area (Å²) in [5.41, 5.74) is 0. The summed E-state index contributed by atoms with van der Waals surface area (Å²) in [6.07, 6.45) is 5.66. The lowest BCUT2D eigenvalue weighted by atomic mass is 9.95. The fourth-order valence-electron chi connectivity index (χ4n) is 2.22. The minimum atomic E-state index is -0.346. The van der Waals surface area contributed by atoms with Crippen LogP contribution in [0.2, 0.25) is 0 Å². The molecule has 0 bridgehead atoms. The molecule has 4 nitrogen and oxygen atoms in total. The van der Waals surface area contributed by atoms with Gasteiger partial charge in [-0.25, -0.2) is 0 Å². The molecule has 0 aliphatic heterocycles. The molecule has 18 heavy (non-hydrogen) atoms. The SMILES string of the molecule is CC(C)NCCOC(C)C(=O)NC1CCCCC1. The Morgan fingerprint density at radius 3 is 2.50 bits per heavy atom. The second-order valence-electron chi connectivity index (χ2n) is 5.47. The van der Waals surface area contributed by atoms with E-state index in [9.17, 15) is 4.79 Å². The first kappa shape index (κ1) is 15.4. The van der Waals surface area contributed by atoms with Gasteiger partial charge in [-0.3, -0.25) is 4.79 Å². The summed E-state index contributed by atoms with van der Waals surface area (Å²) in [5, 5.41) is 6.35. The third kappa shape index (κ3) is 6.36. The zero-order valence-corrected chi connectivity index (χ0v) is 12.0. The van der Waals surface area contributed by atoms with Crippen LogP contribution >= 0.6 is 0 Å². The van der Waals surface area contributed by atoms with E-state index in [4.69, 9.17) is 4.74 Å². The lowest BCUT2D eigenvalue weighted by Crippen LogP contribution is -2.42. The molecule has 1 atom stereocenters. The van der Waals surface area contributed by atoms with Gasteiger partial charge in [0.2, 0.25) is 5.91 Å². The van der Waals surface area contributed by atoms with Gasteiger partial charge in [-0.05, 0) is 19.8 Å². The molecule has 1 fully saturated rings. The summed E-state index contributed by atoms with van der Waals surface area (Å²) >= 11 is 0. The summed E-state index contributed by atoms with van der Waals surface area (Å²) in [4.78, 5) is 11.9. The number of ether oxygens (including phenoxy) is 1. The standard InChI is InChI=1S/C14H28N2O2/c1-11(2)15-9-10-18-12(3)14(17)16-13-7-5-4-6-8-13/h11-13,15H,4-10H2,1-3H3,(H,16,17). The highest BCUT2D eigenvalue weighted by molar-refractivity contribution is 5.80. The van der Waals surface area contributed by atoms with E-state index in [1.807, 2.05) is 6.92 Å². The molecule has 1 amide bonds. The van der Waals surface area contributed by atoms with Gasteiger partial charge in [0.1, 0.15) is 6.10 Å². The van der Waals surface area contributed by atoms with Gasteiger partial charge in [0.25, 0.3) is 0 Å². The second kappa shape index (κ2) is 8.48. The van der Waals surface area contributed by atoms with Crippen molar-refractivity contribution in [1.29, 1.82) is 0 Å². The molecule has 1 unspecified atom stereocenters. The number of hydrogen-bond donors (Lipinski definition) is 2. The van der Waals surface area contributed by atoms with Crippen molar-refractivity contribution in [3.05, 3.63) is 0 Å². The minimum absolute atomic E-state index is 0.0337. The summed E-state index contributed by atoms with van der Waals surface area (Å²) in [6.45, 7) is 7.39. The van der Waals surface area contributed by atoms with E-state index < -0.39 is 0 Å². The quantitative estimate of drug-likeness (QED) is 0.683. The van der Waals surface area contributed by atoms with Crippen LogP contribution in [0, 0.1) is 0 Å². The molecule has 0 heterocycles. The van der Waals surface area contributed by atoms with Gasteiger partial charge in [0, 0.05) is 18.6 Å². The molecule has 0 saturated heterocycles. The number of hydrogen-bond acceptors (Lipinski definition) is 3. The first-order chi connectivity index (χ1) is 8.59. The third-order valence-electron chi connectivity index (χ3n) is 3.34. The summed E-state index contributed by atoms with van der Waals surface area (Å²) in [6, 6.07) is 0.825. The average molecular weight is 256 g/mol. The molecular weight excluding hydrogens is 228 g/mol. The first-order valence-electron chi connectivity index (χ1n) is 7.25. The van der Waals surface area contributed by atoms with Crippen molar-refractivity contribution in [2.24, 2.45) is 0 Å². The van der Waals surface area contributed by atoms with Gasteiger partial charge in [-0.15, -0.1) is 0 Å². The molecule has 0 radical (unpaired) electrons. The maximum absolute atomic E-state index is 11.9. The highest BCUT2D eigenvalue weighted by Crippen LogP contribution is 2.17. The van der Waals surface area contributed by atoms with Gasteiger partial charge in [0.05, 0.1) is 6.61 Å². The van der Waals surface area contributed by atoms with Gasteiger partial charge in [0.15, 0.2) is 0 Å². The van der Waals surface area contributed by atoms with Gasteiger partial charge in [-0.2, -0.15) is 0 Å². The maximum Gasteiger partial charge on any atom is 0.249 e. The summed E-state index contributed by atoms with van der Waals surface area (Å²) < 4.78 is 5.52. The minimum Gasteiger partial charge on any atom is -0.367 e. The van der Waals surface area contributed by atoms with E-state index in [1.54, 1.807) is 0 Å². The Morgan fingerprint density at radius 1 is 1.22 bits per heavy atom. The molecule has 1 aliphatic rings. The van der Waals surface area contributed by atoms with E-state index in [0.29, 0.717) is 18.7 Å². The van der Waals surface area contributed by atoms with Crippen LogP contribution in [-0.2, 0) is 9.53 Å². The monoisotopic (exact) mass is 256 g/mol. The Bertz CT molecular complexity index is 238. The molecule has 4 heteroatoms. The van der Waals surface area contributed by atoms with Crippen molar-refractivity contribution in [3.63, 3.8) is 0 Å². The van der Waals surface area contributed by atoms with Gasteiger partial charge >= 0.3 is 0 Å². The topological polar surface area (TPSA) is 50.4 Å². The summed E-state index contributed by atoms with van der Waals surface area (Å²) in [5.74, 6) is 0.0337. The zero-order chi connectivity index (χ0) is 13.4. The highest BCUT2D eigenvalue weighted by atomic mass is 16.5. The molecule has 0 spiro atoms. The van der Waals surface area contributed by atoms with Crippen molar-refractivity contribution in [1.82, 2.24) is 10.6 Å². The Kier molecular flexibility index (Phi) is 7.28. The van der Waals surface area contributed by atoms with Crippen LogP contribution in [0.3, 0.4) is 0 Å². The van der Waals surface area contributed by atoms with Crippen LogP contribution in [0.5, 0.6) is 0 Å². The van der Waals surface area contributed by atoms with Crippen molar-refractivity contribution in [2.45, 2.75) is 71.1 Å². The molecule has 0 aromatic rings. The fraction of sp³-hybridized carbons (Fsp3) is 0.929. The fourth-order valence-corrected chi connectivity index (χ4v) is 2.22. The maximum atomic E-state index is 11.9. The van der Waals surface area contributed by atoms with Crippen LogP contribution in [0.25, 0.3) is 0 Å². The van der Waals surface area contributed by atoms with Crippen molar-refractivity contribution in [3.8, 4) is 0 Å². The van der Waals surface area contributed by atoms with E-state index in [1.165, 1.54) is 19.3 Å². The first-order valence-corrected chi connectivity index (χ1v) is 7.25. The van der Waals surface area contributed by atoms with E-state index in [0.717, 1.165) is 19.4 Å². The Morgan fingerprint density at radius 2 is 1.89 bits per heavy atom. The molecule has 1 aliphatic carbocycles. The lowest BCUT2D eigenvalue weighted by Gasteiger charge is -2.24. The zero-order valence-electron chi connectivity index (χ0n) is 12.0. The van der Waals surface area contributed by atoms with Crippen LogP contribution in [0.4, 0.5) is 0 Å². The Balaban J connectivity index is 2.11. The van der Waals surface area contributed by atoms with Crippen molar-refractivity contribution >= 4 is 5.91 Å². The Labute approximate surface area is 111 Å². The van der Waals surface area contributed by atoms with Crippen LogP contribution in [0.15, 0.2) is 0 Å². The van der Waals surface area contributed by atoms with E-state index >= 15 is 0 Å². The van der Waals surface area contributed by atoms with Crippen LogP contribution < -0.4 is 10.6 Å². The van der Waals surface area contributed by atoms with E-state index in [-0.39, 0.29) is 12.0 Å². The molecule has 1 rings (SSSR count). The van der Waals surface area contributed by atoms with E-state index in [2.05, 4.69) is 24.5 Å². The molecule has 2 N–H and O–H groups in total. The molecule has 106 valence electrons. The highest BCUT2D eigenvalue weighted by Gasteiger charge is 2.19. The number of amides is 1. The van der Waals surface area contributed by atoms with Gasteiger partial charge in [-0.1, -0.05) is 33.1 Å². The van der Waals surface area contributed by atoms with Gasteiger partial charge < -0.3 is 15.4 Å². The van der Waals surface area contributed by atoms with Crippen LogP contribution in [0.1, 0.15) is 52.9 Å². The van der Waals surface area contributed by atoms with Crippen molar-refractivity contribution < 1.29 is 9.53 Å². The number of carbonyl (C=O) groups excluding carboxylic acids is 1. The average Bonchev–Trinajstić information content (AvgIpc) is 2.35. The third-order valence-corrected chi connectivity index (χ3v) is 3.34. The smallest absolute Gasteiger partial charge is 0.249 e. The lowest BCUT2D eigenvalue weighted by molar-refractivity contribution is -0.132. The van der Waals surface area contributed by atoms with Crippen molar-refractivity contribution in [2.75, 3.05) is 13.2 Å². The molecule has 0 aromatic carbocycles.